The number of carbonyl (C=O) groups is 1. The first-order valence-corrected chi connectivity index (χ1v) is 7.31. The van der Waals surface area contributed by atoms with E-state index in [0.717, 1.165) is 17.7 Å². The lowest BCUT2D eigenvalue weighted by Crippen LogP contribution is -2.15. The Bertz CT molecular complexity index is 842. The molecule has 0 unspecified atom stereocenters. The highest BCUT2D eigenvalue weighted by Gasteiger charge is 2.12. The number of hydrogen-bond acceptors (Lipinski definition) is 5. The van der Waals surface area contributed by atoms with Gasteiger partial charge in [-0.2, -0.15) is 15.6 Å². The number of amides is 1. The summed E-state index contributed by atoms with van der Waals surface area (Å²) in [5.74, 6) is -0.301. The molecule has 0 aliphatic carbocycles. The average Bonchev–Trinajstić information content (AvgIpc) is 2.63. The summed E-state index contributed by atoms with van der Waals surface area (Å²) >= 11 is 0. The molecule has 0 radical (unpaired) electrons. The fourth-order valence-electron chi connectivity index (χ4n) is 2.11. The van der Waals surface area contributed by atoms with Crippen LogP contribution in [0, 0.1) is 22.7 Å². The minimum Gasteiger partial charge on any atom is -0.322 e. The summed E-state index contributed by atoms with van der Waals surface area (Å²) in [7, 11) is 0. The van der Waals surface area contributed by atoms with Gasteiger partial charge in [0.15, 0.2) is 0 Å². The fraction of sp³-hybridized carbons (Fsp3) is 0.111. The number of aryl methyl sites for hydroxylation is 1. The standard InChI is InChI=1S/C18H15N5O/c1-2-13-7-3-5-9-16(13)21-18(24)15-8-4-6-10-17(15)23-22-14(11-19)12-20/h3-10,23H,2H2,1H3,(H,21,24). The molecule has 6 heteroatoms. The first-order valence-electron chi connectivity index (χ1n) is 7.31. The number of rotatable bonds is 5. The molecule has 0 bridgehead atoms. The van der Waals surface area contributed by atoms with Crippen molar-refractivity contribution in [3.63, 3.8) is 0 Å². The maximum Gasteiger partial charge on any atom is 0.257 e. The fourth-order valence-corrected chi connectivity index (χ4v) is 2.11. The van der Waals surface area contributed by atoms with Gasteiger partial charge >= 0.3 is 0 Å². The summed E-state index contributed by atoms with van der Waals surface area (Å²) < 4.78 is 0. The summed E-state index contributed by atoms with van der Waals surface area (Å²) in [6.07, 6.45) is 0.800. The molecule has 1 amide bonds. The van der Waals surface area contributed by atoms with E-state index in [9.17, 15) is 4.79 Å². The molecule has 0 aliphatic rings. The molecule has 2 aromatic carbocycles. The molecule has 0 atom stereocenters. The van der Waals surface area contributed by atoms with E-state index in [2.05, 4.69) is 15.8 Å². The highest BCUT2D eigenvalue weighted by molar-refractivity contribution is 6.11. The second kappa shape index (κ2) is 8.11. The normalized spacial score (nSPS) is 9.29. The number of para-hydroxylation sites is 2. The van der Waals surface area contributed by atoms with E-state index in [4.69, 9.17) is 10.5 Å². The maximum absolute atomic E-state index is 12.6. The van der Waals surface area contributed by atoms with Gasteiger partial charge in [-0.05, 0) is 30.2 Å². The predicted molar refractivity (Wildman–Crippen MR) is 92.5 cm³/mol. The van der Waals surface area contributed by atoms with Gasteiger partial charge in [-0.1, -0.05) is 37.3 Å². The largest absolute Gasteiger partial charge is 0.322 e. The highest BCUT2D eigenvalue weighted by Crippen LogP contribution is 2.20. The Balaban J connectivity index is 2.26. The number of benzene rings is 2. The molecule has 118 valence electrons. The summed E-state index contributed by atoms with van der Waals surface area (Å²) in [6, 6.07) is 17.6. The van der Waals surface area contributed by atoms with Crippen molar-refractivity contribution < 1.29 is 4.79 Å². The molecule has 0 saturated heterocycles. The summed E-state index contributed by atoms with van der Waals surface area (Å²) in [5, 5.41) is 24.0. The van der Waals surface area contributed by atoms with Crippen molar-refractivity contribution in [1.29, 1.82) is 10.5 Å². The van der Waals surface area contributed by atoms with Crippen LogP contribution in [-0.2, 0) is 6.42 Å². The van der Waals surface area contributed by atoms with E-state index >= 15 is 0 Å². The molecular weight excluding hydrogens is 302 g/mol. The lowest BCUT2D eigenvalue weighted by atomic mass is 10.1. The zero-order valence-corrected chi connectivity index (χ0v) is 13.1. The Morgan fingerprint density at radius 1 is 1.04 bits per heavy atom. The van der Waals surface area contributed by atoms with Crippen molar-refractivity contribution in [3.05, 3.63) is 59.7 Å². The zero-order chi connectivity index (χ0) is 17.4. The molecule has 0 aromatic heterocycles. The van der Waals surface area contributed by atoms with Crippen LogP contribution in [0.1, 0.15) is 22.8 Å². The van der Waals surface area contributed by atoms with Gasteiger partial charge in [0.2, 0.25) is 5.71 Å². The van der Waals surface area contributed by atoms with Gasteiger partial charge in [-0.15, -0.1) is 0 Å². The molecule has 2 rings (SSSR count). The van der Waals surface area contributed by atoms with Crippen LogP contribution >= 0.6 is 0 Å². The average molecular weight is 317 g/mol. The number of nitrogens with one attached hydrogen (secondary N) is 2. The van der Waals surface area contributed by atoms with E-state index in [1.165, 1.54) is 0 Å². The topological polar surface area (TPSA) is 101 Å². The van der Waals surface area contributed by atoms with Gasteiger partial charge in [0, 0.05) is 5.69 Å². The molecule has 0 spiro atoms. The van der Waals surface area contributed by atoms with E-state index in [-0.39, 0.29) is 11.6 Å². The van der Waals surface area contributed by atoms with Crippen LogP contribution in [0.4, 0.5) is 11.4 Å². The second-order valence-electron chi connectivity index (χ2n) is 4.81. The molecule has 6 nitrogen and oxygen atoms in total. The van der Waals surface area contributed by atoms with Crippen LogP contribution in [0.5, 0.6) is 0 Å². The highest BCUT2D eigenvalue weighted by atomic mass is 16.1. The first-order chi connectivity index (χ1) is 11.7. The molecule has 0 saturated carbocycles. The molecule has 24 heavy (non-hydrogen) atoms. The third-order valence-electron chi connectivity index (χ3n) is 3.32. The summed E-state index contributed by atoms with van der Waals surface area (Å²) in [6.45, 7) is 2.01. The molecule has 0 heterocycles. The maximum atomic E-state index is 12.6. The van der Waals surface area contributed by atoms with Crippen molar-refractivity contribution in [1.82, 2.24) is 0 Å². The Hall–Kier alpha value is -3.64. The van der Waals surface area contributed by atoms with Crippen LogP contribution in [0.3, 0.4) is 0 Å². The predicted octanol–water partition coefficient (Wildman–Crippen LogP) is 3.32. The molecule has 2 aromatic rings. The first kappa shape index (κ1) is 16.7. The monoisotopic (exact) mass is 317 g/mol. The Labute approximate surface area is 140 Å². The van der Waals surface area contributed by atoms with Gasteiger partial charge in [-0.25, -0.2) is 0 Å². The lowest BCUT2D eigenvalue weighted by Gasteiger charge is -2.12. The number of nitriles is 2. The van der Waals surface area contributed by atoms with Crippen molar-refractivity contribution in [3.8, 4) is 12.1 Å². The third-order valence-corrected chi connectivity index (χ3v) is 3.32. The number of hydrogen-bond donors (Lipinski definition) is 2. The smallest absolute Gasteiger partial charge is 0.257 e. The third kappa shape index (κ3) is 3.96. The number of carbonyl (C=O) groups excluding carboxylic acids is 1. The Morgan fingerprint density at radius 3 is 2.33 bits per heavy atom. The van der Waals surface area contributed by atoms with Crippen molar-refractivity contribution in [2.45, 2.75) is 13.3 Å². The van der Waals surface area contributed by atoms with Crippen LogP contribution in [0.15, 0.2) is 53.6 Å². The van der Waals surface area contributed by atoms with Gasteiger partial charge in [-0.3, -0.25) is 10.2 Å². The van der Waals surface area contributed by atoms with Crippen molar-refractivity contribution >= 4 is 23.0 Å². The van der Waals surface area contributed by atoms with Gasteiger partial charge < -0.3 is 5.32 Å². The van der Waals surface area contributed by atoms with E-state index < -0.39 is 0 Å². The Morgan fingerprint density at radius 2 is 1.67 bits per heavy atom. The Kier molecular flexibility index (Phi) is 5.65. The summed E-state index contributed by atoms with van der Waals surface area (Å²) in [5.41, 5.74) is 4.83. The SMILES string of the molecule is CCc1ccccc1NC(=O)c1ccccc1NN=C(C#N)C#N. The molecule has 2 N–H and O–H groups in total. The van der Waals surface area contributed by atoms with Crippen molar-refractivity contribution in [2.75, 3.05) is 10.7 Å². The number of hydrazone groups is 1. The minimum absolute atomic E-state index is 0.301. The van der Waals surface area contributed by atoms with E-state index in [1.807, 2.05) is 31.2 Å². The molecular formula is C18H15N5O. The van der Waals surface area contributed by atoms with Crippen LogP contribution in [-0.4, -0.2) is 11.6 Å². The summed E-state index contributed by atoms with van der Waals surface area (Å²) in [4.78, 5) is 12.6. The van der Waals surface area contributed by atoms with Gasteiger partial charge in [0.1, 0.15) is 12.1 Å². The zero-order valence-electron chi connectivity index (χ0n) is 13.1. The molecule has 0 fully saturated rings. The minimum atomic E-state index is -0.318. The molecule has 0 aliphatic heterocycles. The van der Waals surface area contributed by atoms with Crippen LogP contribution < -0.4 is 10.7 Å². The quantitative estimate of drug-likeness (QED) is 0.652. The lowest BCUT2D eigenvalue weighted by molar-refractivity contribution is 0.102. The second-order valence-corrected chi connectivity index (χ2v) is 4.81. The number of anilines is 2. The van der Waals surface area contributed by atoms with Crippen LogP contribution in [0.2, 0.25) is 0 Å². The van der Waals surface area contributed by atoms with Crippen molar-refractivity contribution in [2.24, 2.45) is 5.10 Å². The van der Waals surface area contributed by atoms with Gasteiger partial charge in [0.05, 0.1) is 11.3 Å². The number of nitrogens with zero attached hydrogens (tertiary/aromatic N) is 3. The van der Waals surface area contributed by atoms with E-state index in [0.29, 0.717) is 11.3 Å². The van der Waals surface area contributed by atoms with Crippen LogP contribution in [0.25, 0.3) is 0 Å². The van der Waals surface area contributed by atoms with Gasteiger partial charge in [0.25, 0.3) is 5.91 Å². The van der Waals surface area contributed by atoms with E-state index in [1.54, 1.807) is 36.4 Å².